The number of rotatable bonds is 7. The maximum absolute atomic E-state index is 12.1. The van der Waals surface area contributed by atoms with Gasteiger partial charge in [0.25, 0.3) is 0 Å². The maximum Gasteiger partial charge on any atom is 0.138 e. The van der Waals surface area contributed by atoms with Crippen LogP contribution in [0.1, 0.15) is 52.0 Å². The lowest BCUT2D eigenvalue weighted by Crippen LogP contribution is -2.24. The summed E-state index contributed by atoms with van der Waals surface area (Å²) in [5, 5.41) is 0. The summed E-state index contributed by atoms with van der Waals surface area (Å²) >= 11 is 0. The number of benzene rings is 1. The van der Waals surface area contributed by atoms with Crippen LogP contribution in [0.3, 0.4) is 0 Å². The minimum Gasteiger partial charge on any atom is -0.299 e. The van der Waals surface area contributed by atoms with Crippen molar-refractivity contribution in [2.45, 2.75) is 52.9 Å². The van der Waals surface area contributed by atoms with E-state index >= 15 is 0 Å². The molecule has 0 N–H and O–H groups in total. The number of hydrogen-bond acceptors (Lipinski definition) is 1. The van der Waals surface area contributed by atoms with Crippen LogP contribution in [0, 0.1) is 5.41 Å². The van der Waals surface area contributed by atoms with Crippen molar-refractivity contribution in [1.82, 2.24) is 0 Å². The van der Waals surface area contributed by atoms with Crippen molar-refractivity contribution in [1.29, 1.82) is 0 Å². The van der Waals surface area contributed by atoms with Gasteiger partial charge in [-0.3, -0.25) is 4.79 Å². The molecule has 1 aromatic rings. The molecule has 0 unspecified atom stereocenters. The molecule has 0 heterocycles. The lowest BCUT2D eigenvalue weighted by atomic mass is 9.81. The molecule has 0 amide bonds. The van der Waals surface area contributed by atoms with E-state index in [1.807, 2.05) is 18.2 Å². The summed E-state index contributed by atoms with van der Waals surface area (Å²) in [6, 6.07) is 10.2. The molecule has 0 aliphatic carbocycles. The Kier molecular flexibility index (Phi) is 5.40. The lowest BCUT2D eigenvalue weighted by molar-refractivity contribution is -0.127. The molecule has 0 saturated carbocycles. The second-order valence-corrected chi connectivity index (χ2v) is 5.40. The van der Waals surface area contributed by atoms with Gasteiger partial charge in [-0.2, -0.15) is 0 Å². The molecule has 0 aromatic heterocycles. The highest BCUT2D eigenvalue weighted by atomic mass is 16.1. The lowest BCUT2D eigenvalue weighted by Gasteiger charge is -2.22. The fourth-order valence-electron chi connectivity index (χ4n) is 2.00. The molecule has 0 spiro atoms. The number of hydrogen-bond donors (Lipinski definition) is 0. The zero-order valence-electron chi connectivity index (χ0n) is 11.3. The van der Waals surface area contributed by atoms with Crippen LogP contribution in [-0.2, 0) is 11.2 Å². The van der Waals surface area contributed by atoms with Crippen LogP contribution >= 0.6 is 0 Å². The highest BCUT2D eigenvalue weighted by Gasteiger charge is 2.25. The van der Waals surface area contributed by atoms with Gasteiger partial charge in [-0.1, -0.05) is 63.9 Å². The van der Waals surface area contributed by atoms with E-state index in [1.54, 1.807) is 0 Å². The quantitative estimate of drug-likeness (QED) is 0.680. The fourth-order valence-corrected chi connectivity index (χ4v) is 2.00. The average molecular weight is 232 g/mol. The van der Waals surface area contributed by atoms with Gasteiger partial charge in [-0.15, -0.1) is 0 Å². The first-order valence-corrected chi connectivity index (χ1v) is 6.63. The molecule has 1 nitrogen and oxygen atoms in total. The Morgan fingerprint density at radius 2 is 1.82 bits per heavy atom. The maximum atomic E-state index is 12.1. The van der Waals surface area contributed by atoms with Crippen LogP contribution in [0.5, 0.6) is 0 Å². The average Bonchev–Trinajstić information content (AvgIpc) is 2.34. The molecule has 0 saturated heterocycles. The van der Waals surface area contributed by atoms with Gasteiger partial charge < -0.3 is 0 Å². The Labute approximate surface area is 105 Å². The summed E-state index contributed by atoms with van der Waals surface area (Å²) in [4.78, 5) is 12.1. The second-order valence-electron chi connectivity index (χ2n) is 5.40. The van der Waals surface area contributed by atoms with Crippen molar-refractivity contribution < 1.29 is 4.79 Å². The van der Waals surface area contributed by atoms with Crippen LogP contribution in [0.2, 0.25) is 0 Å². The Bertz CT molecular complexity index is 338. The van der Waals surface area contributed by atoms with Gasteiger partial charge in [-0.25, -0.2) is 0 Å². The second kappa shape index (κ2) is 6.58. The van der Waals surface area contributed by atoms with Crippen molar-refractivity contribution in [3.8, 4) is 0 Å². The van der Waals surface area contributed by atoms with Crippen molar-refractivity contribution >= 4 is 5.78 Å². The zero-order chi connectivity index (χ0) is 12.7. The monoisotopic (exact) mass is 232 g/mol. The van der Waals surface area contributed by atoms with E-state index in [0.717, 1.165) is 25.7 Å². The van der Waals surface area contributed by atoms with Crippen molar-refractivity contribution in [3.05, 3.63) is 35.9 Å². The number of carbonyl (C=O) groups is 1. The number of unbranched alkanes of at least 4 members (excludes halogenated alkanes) is 1. The Morgan fingerprint density at radius 3 is 2.41 bits per heavy atom. The molecule has 0 bridgehead atoms. The van der Waals surface area contributed by atoms with Crippen LogP contribution in [0.4, 0.5) is 0 Å². The highest BCUT2D eigenvalue weighted by Crippen LogP contribution is 2.26. The minimum atomic E-state index is -0.148. The predicted octanol–water partition coefficient (Wildman–Crippen LogP) is 4.40. The van der Waals surface area contributed by atoms with Crippen molar-refractivity contribution in [2.24, 2.45) is 5.41 Å². The van der Waals surface area contributed by atoms with Gasteiger partial charge in [0.15, 0.2) is 0 Å². The molecule has 17 heavy (non-hydrogen) atoms. The zero-order valence-corrected chi connectivity index (χ0v) is 11.3. The molecule has 0 atom stereocenters. The van der Waals surface area contributed by atoms with Gasteiger partial charge >= 0.3 is 0 Å². The third-order valence-electron chi connectivity index (χ3n) is 3.39. The van der Waals surface area contributed by atoms with Gasteiger partial charge in [0.2, 0.25) is 0 Å². The molecule has 0 aliphatic rings. The minimum absolute atomic E-state index is 0.148. The van der Waals surface area contributed by atoms with E-state index in [1.165, 1.54) is 5.56 Å². The van der Waals surface area contributed by atoms with E-state index in [2.05, 4.69) is 32.9 Å². The van der Waals surface area contributed by atoms with Crippen LogP contribution < -0.4 is 0 Å². The number of carbonyl (C=O) groups excluding carboxylic acids is 1. The Hall–Kier alpha value is -1.11. The van der Waals surface area contributed by atoms with Crippen LogP contribution in [0.15, 0.2) is 30.3 Å². The molecule has 1 rings (SSSR count). The first kappa shape index (κ1) is 14.0. The largest absolute Gasteiger partial charge is 0.299 e. The van der Waals surface area contributed by atoms with E-state index in [9.17, 15) is 4.79 Å². The Morgan fingerprint density at radius 1 is 1.18 bits per heavy atom. The molecule has 0 fully saturated rings. The SMILES string of the molecule is CCCCC(C)(C)C(=O)CCc1ccccc1. The van der Waals surface area contributed by atoms with E-state index in [0.29, 0.717) is 12.2 Å². The summed E-state index contributed by atoms with van der Waals surface area (Å²) in [5.41, 5.74) is 1.11. The normalized spacial score (nSPS) is 11.5. The van der Waals surface area contributed by atoms with Crippen LogP contribution in [0.25, 0.3) is 0 Å². The summed E-state index contributed by atoms with van der Waals surface area (Å²) in [5.74, 6) is 0.398. The first-order valence-electron chi connectivity index (χ1n) is 6.63. The van der Waals surface area contributed by atoms with Gasteiger partial charge in [0, 0.05) is 11.8 Å². The standard InChI is InChI=1S/C16H24O/c1-4-5-13-16(2,3)15(17)12-11-14-9-7-6-8-10-14/h6-10H,4-5,11-13H2,1-3H3. The topological polar surface area (TPSA) is 17.1 Å². The number of aryl methyl sites for hydroxylation is 1. The molecule has 0 aliphatic heterocycles. The summed E-state index contributed by atoms with van der Waals surface area (Å²) in [6.07, 6.45) is 4.85. The number of Topliss-reactive ketones (excluding diaryl/α,β-unsaturated/α-hetero) is 1. The summed E-state index contributed by atoms with van der Waals surface area (Å²) in [7, 11) is 0. The third kappa shape index (κ3) is 4.72. The fraction of sp³-hybridized carbons (Fsp3) is 0.562. The highest BCUT2D eigenvalue weighted by molar-refractivity contribution is 5.84. The van der Waals surface area contributed by atoms with E-state index < -0.39 is 0 Å². The van der Waals surface area contributed by atoms with Gasteiger partial charge in [0.05, 0.1) is 0 Å². The van der Waals surface area contributed by atoms with E-state index in [4.69, 9.17) is 0 Å². The van der Waals surface area contributed by atoms with Crippen LogP contribution in [-0.4, -0.2) is 5.78 Å². The van der Waals surface area contributed by atoms with Crippen molar-refractivity contribution in [2.75, 3.05) is 0 Å². The van der Waals surface area contributed by atoms with Gasteiger partial charge in [-0.05, 0) is 18.4 Å². The molecule has 94 valence electrons. The summed E-state index contributed by atoms with van der Waals surface area (Å²) < 4.78 is 0. The Balaban J connectivity index is 2.44. The van der Waals surface area contributed by atoms with E-state index in [-0.39, 0.29) is 5.41 Å². The molecular weight excluding hydrogens is 208 g/mol. The van der Waals surface area contributed by atoms with Crippen molar-refractivity contribution in [3.63, 3.8) is 0 Å². The smallest absolute Gasteiger partial charge is 0.138 e. The van der Waals surface area contributed by atoms with Gasteiger partial charge in [0.1, 0.15) is 5.78 Å². The molecule has 1 heteroatoms. The predicted molar refractivity (Wildman–Crippen MR) is 73.1 cm³/mol. The molecule has 0 radical (unpaired) electrons. The first-order chi connectivity index (χ1) is 8.06. The number of ketones is 1. The molecule has 1 aromatic carbocycles. The third-order valence-corrected chi connectivity index (χ3v) is 3.39. The molecular formula is C16H24O. The summed E-state index contributed by atoms with van der Waals surface area (Å²) in [6.45, 7) is 6.33.